The van der Waals surface area contributed by atoms with Crippen LogP contribution in [0, 0.1) is 0 Å². The Morgan fingerprint density at radius 2 is 2.05 bits per heavy atom. The predicted octanol–water partition coefficient (Wildman–Crippen LogP) is 0.956. The number of hydrogen-bond donors (Lipinski definition) is 1. The van der Waals surface area contributed by atoms with Gasteiger partial charge in [-0.1, -0.05) is 0 Å². The Morgan fingerprint density at radius 1 is 1.25 bits per heavy atom. The van der Waals surface area contributed by atoms with Gasteiger partial charge in [-0.3, -0.25) is 5.43 Å². The Morgan fingerprint density at radius 3 is 2.90 bits per heavy atom. The topological polar surface area (TPSA) is 55.3 Å². The minimum Gasteiger partial charge on any atom is -0.454 e. The first-order valence-corrected chi connectivity index (χ1v) is 6.79. The minimum atomic E-state index is 0.273. The predicted molar refractivity (Wildman–Crippen MR) is 78.3 cm³/mol. The Bertz CT molecular complexity index is 530. The first-order chi connectivity index (χ1) is 9.83. The van der Waals surface area contributed by atoms with Gasteiger partial charge >= 0.3 is 0 Å². The number of benzene rings is 1. The van der Waals surface area contributed by atoms with E-state index in [1.807, 2.05) is 23.1 Å². The van der Waals surface area contributed by atoms with Gasteiger partial charge in [0.25, 0.3) is 0 Å². The van der Waals surface area contributed by atoms with Gasteiger partial charge in [0.15, 0.2) is 16.6 Å². The molecule has 20 heavy (non-hydrogen) atoms. The van der Waals surface area contributed by atoms with Crippen LogP contribution in [0.15, 0.2) is 23.3 Å². The Hall–Kier alpha value is -1.86. The number of nitrogens with zero attached hydrogens (tertiary/aromatic N) is 2. The summed E-state index contributed by atoms with van der Waals surface area (Å²) in [6.45, 7) is 3.27. The van der Waals surface area contributed by atoms with E-state index in [1.165, 1.54) is 0 Å². The number of thiocarbonyl (C=S) groups is 1. The number of ether oxygens (including phenoxy) is 3. The highest BCUT2D eigenvalue weighted by Crippen LogP contribution is 2.31. The second-order valence-electron chi connectivity index (χ2n) is 4.39. The molecule has 1 aromatic rings. The zero-order valence-electron chi connectivity index (χ0n) is 10.9. The molecule has 0 atom stereocenters. The van der Waals surface area contributed by atoms with Crippen molar-refractivity contribution in [1.82, 2.24) is 10.3 Å². The van der Waals surface area contributed by atoms with Crippen molar-refractivity contribution < 1.29 is 14.2 Å². The average molecular weight is 293 g/mol. The fourth-order valence-corrected chi connectivity index (χ4v) is 2.23. The molecule has 2 heterocycles. The first-order valence-electron chi connectivity index (χ1n) is 6.38. The van der Waals surface area contributed by atoms with Crippen LogP contribution >= 0.6 is 12.2 Å². The molecule has 2 aliphatic rings. The molecule has 2 aliphatic heterocycles. The highest BCUT2D eigenvalue weighted by molar-refractivity contribution is 7.80. The Labute approximate surface area is 122 Å². The van der Waals surface area contributed by atoms with Gasteiger partial charge in [-0.25, -0.2) is 0 Å². The molecule has 106 valence electrons. The number of hydrazone groups is 1. The summed E-state index contributed by atoms with van der Waals surface area (Å²) in [5.74, 6) is 1.50. The van der Waals surface area contributed by atoms with Gasteiger partial charge in [0.2, 0.25) is 6.79 Å². The Kier molecular flexibility index (Phi) is 3.98. The minimum absolute atomic E-state index is 0.273. The van der Waals surface area contributed by atoms with Crippen LogP contribution in [-0.4, -0.2) is 49.3 Å². The molecule has 0 aromatic heterocycles. The lowest BCUT2D eigenvalue weighted by Crippen LogP contribution is -2.44. The van der Waals surface area contributed by atoms with Gasteiger partial charge in [-0.15, -0.1) is 0 Å². The van der Waals surface area contributed by atoms with E-state index in [2.05, 4.69) is 10.5 Å². The SMILES string of the molecule is S=C(NN=Cc1ccc2c(c1)OCO2)N1CCOCC1. The van der Waals surface area contributed by atoms with E-state index in [4.69, 9.17) is 26.4 Å². The average Bonchev–Trinajstić information content (AvgIpc) is 2.95. The molecule has 1 fully saturated rings. The molecule has 0 amide bonds. The molecule has 3 rings (SSSR count). The van der Waals surface area contributed by atoms with Crippen LogP contribution in [0.1, 0.15) is 5.56 Å². The zero-order valence-corrected chi connectivity index (χ0v) is 11.7. The smallest absolute Gasteiger partial charge is 0.231 e. The molecule has 0 bridgehead atoms. The van der Waals surface area contributed by atoms with Gasteiger partial charge in [-0.05, 0) is 36.0 Å². The van der Waals surface area contributed by atoms with Gasteiger partial charge in [0, 0.05) is 13.1 Å². The fourth-order valence-electron chi connectivity index (χ4n) is 1.99. The van der Waals surface area contributed by atoms with E-state index in [0.717, 1.165) is 30.2 Å². The van der Waals surface area contributed by atoms with E-state index in [1.54, 1.807) is 6.21 Å². The number of hydrogen-bond acceptors (Lipinski definition) is 5. The highest BCUT2D eigenvalue weighted by Gasteiger charge is 2.13. The van der Waals surface area contributed by atoms with Gasteiger partial charge in [0.05, 0.1) is 19.4 Å². The number of rotatable bonds is 2. The summed E-state index contributed by atoms with van der Waals surface area (Å²) in [5, 5.41) is 4.76. The maximum absolute atomic E-state index is 5.31. The largest absolute Gasteiger partial charge is 0.454 e. The quantitative estimate of drug-likeness (QED) is 0.498. The van der Waals surface area contributed by atoms with E-state index >= 15 is 0 Å². The van der Waals surface area contributed by atoms with Gasteiger partial charge in [0.1, 0.15) is 0 Å². The van der Waals surface area contributed by atoms with E-state index in [9.17, 15) is 0 Å². The van der Waals surface area contributed by atoms with E-state index in [0.29, 0.717) is 18.3 Å². The van der Waals surface area contributed by atoms with Crippen molar-refractivity contribution in [1.29, 1.82) is 0 Å². The third-order valence-corrected chi connectivity index (χ3v) is 3.42. The van der Waals surface area contributed by atoms with Crippen molar-refractivity contribution in [3.63, 3.8) is 0 Å². The van der Waals surface area contributed by atoms with Crippen molar-refractivity contribution in [3.05, 3.63) is 23.8 Å². The summed E-state index contributed by atoms with van der Waals surface area (Å²) in [6, 6.07) is 5.66. The van der Waals surface area contributed by atoms with Gasteiger partial charge in [-0.2, -0.15) is 5.10 Å². The molecule has 6 nitrogen and oxygen atoms in total. The standard InChI is InChI=1S/C13H15N3O3S/c20-13(16-3-5-17-6-4-16)15-14-8-10-1-2-11-12(7-10)19-9-18-11/h1-2,7-8H,3-6,9H2,(H,15,20). The van der Waals surface area contributed by atoms with Gasteiger partial charge < -0.3 is 19.1 Å². The maximum Gasteiger partial charge on any atom is 0.231 e. The van der Waals surface area contributed by atoms with Crippen LogP contribution in [0.4, 0.5) is 0 Å². The molecular weight excluding hydrogens is 278 g/mol. The summed E-state index contributed by atoms with van der Waals surface area (Å²) in [4.78, 5) is 2.04. The lowest BCUT2D eigenvalue weighted by atomic mass is 10.2. The van der Waals surface area contributed by atoms with Crippen LogP contribution in [0.3, 0.4) is 0 Å². The summed E-state index contributed by atoms with van der Waals surface area (Å²) in [7, 11) is 0. The summed E-state index contributed by atoms with van der Waals surface area (Å²) >= 11 is 5.27. The number of nitrogens with one attached hydrogen (secondary N) is 1. The van der Waals surface area contributed by atoms with Crippen molar-refractivity contribution >= 4 is 23.5 Å². The summed E-state index contributed by atoms with van der Waals surface area (Å²) < 4.78 is 15.8. The molecule has 0 aliphatic carbocycles. The monoisotopic (exact) mass is 293 g/mol. The molecule has 0 radical (unpaired) electrons. The van der Waals surface area contributed by atoms with Crippen molar-refractivity contribution in [3.8, 4) is 11.5 Å². The second-order valence-corrected chi connectivity index (χ2v) is 4.77. The normalized spacial score (nSPS) is 17.5. The van der Waals surface area contributed by atoms with Crippen molar-refractivity contribution in [2.45, 2.75) is 0 Å². The number of fused-ring (bicyclic) bond motifs is 1. The van der Waals surface area contributed by atoms with Crippen LogP contribution in [0.2, 0.25) is 0 Å². The third kappa shape index (κ3) is 3.00. The molecule has 0 unspecified atom stereocenters. The van der Waals surface area contributed by atoms with Crippen molar-refractivity contribution in [2.24, 2.45) is 5.10 Å². The fraction of sp³-hybridized carbons (Fsp3) is 0.385. The molecule has 0 spiro atoms. The molecule has 1 saturated heterocycles. The second kappa shape index (κ2) is 6.06. The molecule has 1 aromatic carbocycles. The third-order valence-electron chi connectivity index (χ3n) is 3.07. The Balaban J connectivity index is 1.56. The summed E-state index contributed by atoms with van der Waals surface area (Å²) in [5.41, 5.74) is 3.79. The van der Waals surface area contributed by atoms with Crippen LogP contribution in [-0.2, 0) is 4.74 Å². The highest BCUT2D eigenvalue weighted by atomic mass is 32.1. The van der Waals surface area contributed by atoms with E-state index < -0.39 is 0 Å². The summed E-state index contributed by atoms with van der Waals surface area (Å²) in [6.07, 6.45) is 1.70. The first kappa shape index (κ1) is 13.1. The van der Waals surface area contributed by atoms with E-state index in [-0.39, 0.29) is 6.79 Å². The van der Waals surface area contributed by atoms with Crippen LogP contribution in [0.5, 0.6) is 11.5 Å². The zero-order chi connectivity index (χ0) is 13.8. The molecule has 7 heteroatoms. The lowest BCUT2D eigenvalue weighted by molar-refractivity contribution is 0.0677. The molecule has 1 N–H and O–H groups in total. The molecular formula is C13H15N3O3S. The molecule has 0 saturated carbocycles. The van der Waals surface area contributed by atoms with Crippen LogP contribution < -0.4 is 14.9 Å². The maximum atomic E-state index is 5.31. The van der Waals surface area contributed by atoms with Crippen LogP contribution in [0.25, 0.3) is 0 Å². The van der Waals surface area contributed by atoms with Crippen molar-refractivity contribution in [2.75, 3.05) is 33.1 Å². The number of morpholine rings is 1. The lowest BCUT2D eigenvalue weighted by Gasteiger charge is -2.28.